The zero-order valence-corrected chi connectivity index (χ0v) is 5.91. The number of carboxylic acid groups (broad SMARTS) is 1. The van der Waals surface area contributed by atoms with Crippen LogP contribution in [0.1, 0.15) is 10.4 Å². The van der Waals surface area contributed by atoms with Crippen LogP contribution in [0.25, 0.3) is 0 Å². The van der Waals surface area contributed by atoms with E-state index >= 15 is 0 Å². The summed E-state index contributed by atoms with van der Waals surface area (Å²) in [5, 5.41) is 17.4. The second kappa shape index (κ2) is 2.69. The highest BCUT2D eigenvalue weighted by molar-refractivity contribution is 5.95. The Labute approximate surface area is 67.1 Å². The molecule has 0 unspecified atom stereocenters. The Hall–Kier alpha value is -1.78. The summed E-state index contributed by atoms with van der Waals surface area (Å²) >= 11 is 0. The van der Waals surface area contributed by atoms with Crippen molar-refractivity contribution < 1.29 is 19.4 Å². The average Bonchev–Trinajstić information content (AvgIpc) is 1.96. The molecule has 1 aromatic rings. The van der Waals surface area contributed by atoms with Gasteiger partial charge in [0.1, 0.15) is 11.6 Å². The summed E-state index contributed by atoms with van der Waals surface area (Å²) < 4.78 is 12.5. The Morgan fingerprint density at radius 1 is 1.50 bits per heavy atom. The van der Waals surface area contributed by atoms with Gasteiger partial charge in [-0.1, -0.05) is 0 Å². The highest BCUT2D eigenvalue weighted by Crippen LogP contribution is 2.25. The lowest BCUT2D eigenvalue weighted by Gasteiger charge is -2.02. The van der Waals surface area contributed by atoms with Gasteiger partial charge in [-0.3, -0.25) is 0 Å². The van der Waals surface area contributed by atoms with E-state index in [4.69, 9.17) is 15.9 Å². The molecule has 0 aliphatic heterocycles. The van der Waals surface area contributed by atoms with Crippen molar-refractivity contribution >= 4 is 11.7 Å². The molecule has 5 heteroatoms. The van der Waals surface area contributed by atoms with E-state index in [9.17, 15) is 9.18 Å². The molecule has 0 saturated heterocycles. The maximum absolute atomic E-state index is 12.5. The van der Waals surface area contributed by atoms with Crippen LogP contribution in [0, 0.1) is 5.82 Å². The molecule has 0 spiro atoms. The number of hydrogen-bond acceptors (Lipinski definition) is 3. The van der Waals surface area contributed by atoms with Crippen molar-refractivity contribution in [1.82, 2.24) is 0 Å². The molecule has 1 aromatic carbocycles. The Morgan fingerprint density at radius 3 is 2.58 bits per heavy atom. The number of aromatic carboxylic acids is 1. The number of carboxylic acids is 1. The predicted molar refractivity (Wildman–Crippen MR) is 39.4 cm³/mol. The molecule has 12 heavy (non-hydrogen) atoms. The number of rotatable bonds is 1. The average molecular weight is 171 g/mol. The van der Waals surface area contributed by atoms with Crippen LogP contribution in [0.3, 0.4) is 0 Å². The molecule has 0 fully saturated rings. The first-order chi connectivity index (χ1) is 5.52. The van der Waals surface area contributed by atoms with Gasteiger partial charge in [0.05, 0.1) is 11.3 Å². The zero-order chi connectivity index (χ0) is 9.30. The third-order valence-electron chi connectivity index (χ3n) is 1.35. The van der Waals surface area contributed by atoms with Gasteiger partial charge in [0, 0.05) is 6.07 Å². The van der Waals surface area contributed by atoms with Gasteiger partial charge < -0.3 is 15.9 Å². The van der Waals surface area contributed by atoms with Crippen LogP contribution in [0.5, 0.6) is 5.75 Å². The lowest BCUT2D eigenvalue weighted by Crippen LogP contribution is -2.03. The molecule has 4 N–H and O–H groups in total. The van der Waals surface area contributed by atoms with E-state index in [2.05, 4.69) is 0 Å². The lowest BCUT2D eigenvalue weighted by atomic mass is 10.1. The maximum atomic E-state index is 12.5. The number of benzene rings is 1. The predicted octanol–water partition coefficient (Wildman–Crippen LogP) is 0.812. The number of aromatic hydroxyl groups is 1. The van der Waals surface area contributed by atoms with E-state index in [1.807, 2.05) is 0 Å². The van der Waals surface area contributed by atoms with Crippen LogP contribution in [-0.4, -0.2) is 16.2 Å². The number of anilines is 1. The fourth-order valence-corrected chi connectivity index (χ4v) is 0.781. The topological polar surface area (TPSA) is 83.5 Å². The standard InChI is InChI=1S/C7H6FNO3/c8-3-1-4(7(11)12)6(9)5(10)2-3/h1-2,10H,9H2,(H,11,12). The smallest absolute Gasteiger partial charge is 0.338 e. The molecule has 0 radical (unpaired) electrons. The molecule has 1 rings (SSSR count). The van der Waals surface area contributed by atoms with Crippen LogP contribution in [0.2, 0.25) is 0 Å². The van der Waals surface area contributed by atoms with Gasteiger partial charge in [0.25, 0.3) is 0 Å². The third-order valence-corrected chi connectivity index (χ3v) is 1.35. The van der Waals surface area contributed by atoms with Crippen LogP contribution in [0.15, 0.2) is 12.1 Å². The molecule has 64 valence electrons. The molecule has 0 atom stereocenters. The van der Waals surface area contributed by atoms with Gasteiger partial charge in [-0.15, -0.1) is 0 Å². The van der Waals surface area contributed by atoms with Crippen molar-refractivity contribution in [2.45, 2.75) is 0 Å². The number of nitrogens with two attached hydrogens (primary N) is 1. The van der Waals surface area contributed by atoms with Crippen molar-refractivity contribution in [3.63, 3.8) is 0 Å². The van der Waals surface area contributed by atoms with Gasteiger partial charge in [-0.2, -0.15) is 0 Å². The first-order valence-corrected chi connectivity index (χ1v) is 3.03. The van der Waals surface area contributed by atoms with Crippen LogP contribution in [0.4, 0.5) is 10.1 Å². The number of hydrogen-bond donors (Lipinski definition) is 3. The van der Waals surface area contributed by atoms with E-state index in [1.165, 1.54) is 0 Å². The van der Waals surface area contributed by atoms with Crippen LogP contribution >= 0.6 is 0 Å². The van der Waals surface area contributed by atoms with E-state index in [0.717, 1.165) is 12.1 Å². The lowest BCUT2D eigenvalue weighted by molar-refractivity contribution is 0.0697. The second-order valence-corrected chi connectivity index (χ2v) is 2.19. The van der Waals surface area contributed by atoms with Crippen molar-refractivity contribution in [2.75, 3.05) is 5.73 Å². The number of nitrogen functional groups attached to an aromatic ring is 1. The summed E-state index contributed by atoms with van der Waals surface area (Å²) in [7, 11) is 0. The van der Waals surface area contributed by atoms with Crippen LogP contribution < -0.4 is 5.73 Å². The molecule has 0 aliphatic rings. The SMILES string of the molecule is Nc1c(O)cc(F)cc1C(=O)O. The number of halogens is 1. The Bertz CT molecular complexity index is 338. The Balaban J connectivity index is 3.37. The van der Waals surface area contributed by atoms with Gasteiger partial charge >= 0.3 is 5.97 Å². The maximum Gasteiger partial charge on any atom is 0.338 e. The fraction of sp³-hybridized carbons (Fsp3) is 0. The normalized spacial score (nSPS) is 9.75. The van der Waals surface area contributed by atoms with Crippen molar-refractivity contribution in [1.29, 1.82) is 0 Å². The second-order valence-electron chi connectivity index (χ2n) is 2.19. The minimum Gasteiger partial charge on any atom is -0.506 e. The van der Waals surface area contributed by atoms with E-state index in [0.29, 0.717) is 0 Å². The molecule has 0 aromatic heterocycles. The first kappa shape index (κ1) is 8.32. The summed E-state index contributed by atoms with van der Waals surface area (Å²) in [5.74, 6) is -2.77. The minimum absolute atomic E-state index is 0.330. The van der Waals surface area contributed by atoms with Gasteiger partial charge in [0.15, 0.2) is 0 Å². The first-order valence-electron chi connectivity index (χ1n) is 3.03. The summed E-state index contributed by atoms with van der Waals surface area (Å²) in [6, 6.07) is 1.50. The molecule has 4 nitrogen and oxygen atoms in total. The van der Waals surface area contributed by atoms with E-state index < -0.39 is 23.1 Å². The highest BCUT2D eigenvalue weighted by Gasteiger charge is 2.12. The molecule has 0 amide bonds. The quantitative estimate of drug-likeness (QED) is 0.431. The van der Waals surface area contributed by atoms with Gasteiger partial charge in [0.2, 0.25) is 0 Å². The molecular weight excluding hydrogens is 165 g/mol. The van der Waals surface area contributed by atoms with Crippen LogP contribution in [-0.2, 0) is 0 Å². The number of carbonyl (C=O) groups is 1. The fourth-order valence-electron chi connectivity index (χ4n) is 0.781. The number of phenols is 1. The Morgan fingerprint density at radius 2 is 2.08 bits per heavy atom. The monoisotopic (exact) mass is 171 g/mol. The molecule has 0 bridgehead atoms. The highest BCUT2D eigenvalue weighted by atomic mass is 19.1. The van der Waals surface area contributed by atoms with Gasteiger partial charge in [-0.25, -0.2) is 9.18 Å². The number of phenolic OH excluding ortho intramolecular Hbond substituents is 1. The van der Waals surface area contributed by atoms with E-state index in [-0.39, 0.29) is 5.69 Å². The van der Waals surface area contributed by atoms with Crippen molar-refractivity contribution in [3.8, 4) is 5.75 Å². The summed E-state index contributed by atoms with van der Waals surface area (Å²) in [6.07, 6.45) is 0. The van der Waals surface area contributed by atoms with Gasteiger partial charge in [-0.05, 0) is 6.07 Å². The summed E-state index contributed by atoms with van der Waals surface area (Å²) in [6.45, 7) is 0. The zero-order valence-electron chi connectivity index (χ0n) is 5.91. The van der Waals surface area contributed by atoms with E-state index in [1.54, 1.807) is 0 Å². The summed E-state index contributed by atoms with van der Waals surface area (Å²) in [5.41, 5.74) is 4.39. The molecule has 0 aliphatic carbocycles. The minimum atomic E-state index is -1.37. The molecular formula is C7H6FNO3. The molecule has 0 heterocycles. The Kier molecular flexibility index (Phi) is 1.86. The van der Waals surface area contributed by atoms with Crippen molar-refractivity contribution in [3.05, 3.63) is 23.5 Å². The molecule has 0 saturated carbocycles. The summed E-state index contributed by atoms with van der Waals surface area (Å²) in [4.78, 5) is 10.4. The third kappa shape index (κ3) is 1.29. The largest absolute Gasteiger partial charge is 0.506 e. The van der Waals surface area contributed by atoms with Crippen molar-refractivity contribution in [2.24, 2.45) is 0 Å².